The minimum absolute atomic E-state index is 0.0221. The predicted molar refractivity (Wildman–Crippen MR) is 68.8 cm³/mol. The first kappa shape index (κ1) is 11.3. The lowest BCUT2D eigenvalue weighted by atomic mass is 10.0. The first-order chi connectivity index (χ1) is 9.16. The second kappa shape index (κ2) is 4.13. The Labute approximate surface area is 107 Å². The molecule has 1 aliphatic heterocycles. The molecular formula is C14H8N2O3. The van der Waals surface area contributed by atoms with Crippen LogP contribution in [0.15, 0.2) is 47.5 Å². The number of fused-ring (bicyclic) bond motifs is 1. The summed E-state index contributed by atoms with van der Waals surface area (Å²) in [6, 6.07) is 11.9. The van der Waals surface area contributed by atoms with Crippen LogP contribution in [0.3, 0.4) is 0 Å². The summed E-state index contributed by atoms with van der Waals surface area (Å²) < 4.78 is 0. The van der Waals surface area contributed by atoms with Gasteiger partial charge in [-0.3, -0.25) is 14.9 Å². The summed E-state index contributed by atoms with van der Waals surface area (Å²) >= 11 is 0. The van der Waals surface area contributed by atoms with Gasteiger partial charge in [0.05, 0.1) is 15.8 Å². The molecule has 0 spiro atoms. The Kier molecular flexibility index (Phi) is 2.45. The Morgan fingerprint density at radius 2 is 1.79 bits per heavy atom. The van der Waals surface area contributed by atoms with E-state index in [2.05, 4.69) is 4.99 Å². The normalized spacial score (nSPS) is 12.5. The number of rotatable bonds is 2. The lowest BCUT2D eigenvalue weighted by Crippen LogP contribution is -2.24. The molecule has 0 N–H and O–H groups in total. The number of hydrogen-bond donors (Lipinski definition) is 0. The summed E-state index contributed by atoms with van der Waals surface area (Å²) in [6.45, 7) is 0. The molecule has 1 aliphatic rings. The van der Waals surface area contributed by atoms with E-state index >= 15 is 0 Å². The Balaban J connectivity index is 2.44. The Morgan fingerprint density at radius 1 is 1.05 bits per heavy atom. The number of benzene rings is 2. The van der Waals surface area contributed by atoms with Crippen molar-refractivity contribution in [3.05, 3.63) is 63.2 Å². The van der Waals surface area contributed by atoms with E-state index in [1.807, 2.05) is 6.07 Å². The lowest BCUT2D eigenvalue weighted by molar-refractivity contribution is -0.384. The SMILES string of the molecule is O=C1C=c2c(-c3ccccc3)c([N+](=O)[O-])ccc2=N1. The van der Waals surface area contributed by atoms with Gasteiger partial charge in [-0.05, 0) is 11.6 Å². The van der Waals surface area contributed by atoms with Crippen LogP contribution in [-0.2, 0) is 4.79 Å². The maximum Gasteiger partial charge on any atom is 0.277 e. The second-order valence-electron chi connectivity index (χ2n) is 4.11. The van der Waals surface area contributed by atoms with Crippen LogP contribution in [0.25, 0.3) is 17.2 Å². The summed E-state index contributed by atoms with van der Waals surface area (Å²) in [7, 11) is 0. The van der Waals surface area contributed by atoms with Crippen LogP contribution in [0.2, 0.25) is 0 Å². The molecule has 0 unspecified atom stereocenters. The highest BCUT2D eigenvalue weighted by molar-refractivity contribution is 6.07. The van der Waals surface area contributed by atoms with E-state index < -0.39 is 4.92 Å². The molecule has 1 heterocycles. The van der Waals surface area contributed by atoms with Crippen molar-refractivity contribution in [2.45, 2.75) is 0 Å². The summed E-state index contributed by atoms with van der Waals surface area (Å²) in [5.74, 6) is -0.382. The van der Waals surface area contributed by atoms with Crippen molar-refractivity contribution >= 4 is 17.7 Å². The molecule has 92 valence electrons. The van der Waals surface area contributed by atoms with Crippen molar-refractivity contribution < 1.29 is 9.72 Å². The van der Waals surface area contributed by atoms with Gasteiger partial charge in [0.25, 0.3) is 11.6 Å². The van der Waals surface area contributed by atoms with Crippen LogP contribution in [0.5, 0.6) is 0 Å². The van der Waals surface area contributed by atoms with E-state index in [4.69, 9.17) is 0 Å². The van der Waals surface area contributed by atoms with Crippen molar-refractivity contribution in [1.82, 2.24) is 0 Å². The molecule has 0 atom stereocenters. The van der Waals surface area contributed by atoms with Crippen LogP contribution in [0.4, 0.5) is 5.69 Å². The molecule has 0 aromatic heterocycles. The number of carbonyl (C=O) groups is 1. The van der Waals surface area contributed by atoms with E-state index in [0.717, 1.165) is 0 Å². The maximum absolute atomic E-state index is 11.4. The number of nitrogens with zero attached hydrogens (tertiary/aromatic N) is 2. The predicted octanol–water partition coefficient (Wildman–Crippen LogP) is 1.20. The highest BCUT2D eigenvalue weighted by Crippen LogP contribution is 2.25. The highest BCUT2D eigenvalue weighted by atomic mass is 16.6. The van der Waals surface area contributed by atoms with Gasteiger partial charge in [0.2, 0.25) is 0 Å². The fraction of sp³-hybridized carbons (Fsp3) is 0. The van der Waals surface area contributed by atoms with Crippen LogP contribution in [0.1, 0.15) is 0 Å². The quantitative estimate of drug-likeness (QED) is 0.595. The van der Waals surface area contributed by atoms with E-state index in [9.17, 15) is 14.9 Å². The topological polar surface area (TPSA) is 72.6 Å². The van der Waals surface area contributed by atoms with Crippen molar-refractivity contribution in [3.8, 4) is 11.1 Å². The van der Waals surface area contributed by atoms with Gasteiger partial charge in [-0.25, -0.2) is 4.99 Å². The number of amides is 1. The van der Waals surface area contributed by atoms with Gasteiger partial charge in [0.1, 0.15) is 0 Å². The summed E-state index contributed by atoms with van der Waals surface area (Å²) in [5, 5.41) is 12.2. The summed E-state index contributed by atoms with van der Waals surface area (Å²) in [5.41, 5.74) is 1.12. The highest BCUT2D eigenvalue weighted by Gasteiger charge is 2.20. The number of nitro groups is 1. The maximum atomic E-state index is 11.4. The number of nitro benzene ring substituents is 1. The van der Waals surface area contributed by atoms with Gasteiger partial charge < -0.3 is 0 Å². The zero-order valence-corrected chi connectivity index (χ0v) is 9.74. The average molecular weight is 252 g/mol. The summed E-state index contributed by atoms with van der Waals surface area (Å²) in [4.78, 5) is 25.9. The molecule has 0 saturated carbocycles. The van der Waals surface area contributed by atoms with Gasteiger partial charge in [0.15, 0.2) is 0 Å². The number of carbonyl (C=O) groups excluding carboxylic acids is 1. The Hall–Kier alpha value is -2.82. The third-order valence-corrected chi connectivity index (χ3v) is 2.96. The summed E-state index contributed by atoms with van der Waals surface area (Å²) in [6.07, 6.45) is 1.34. The molecular weight excluding hydrogens is 244 g/mol. The average Bonchev–Trinajstić information content (AvgIpc) is 2.78. The van der Waals surface area contributed by atoms with Gasteiger partial charge >= 0.3 is 0 Å². The van der Waals surface area contributed by atoms with Crippen molar-refractivity contribution in [2.24, 2.45) is 4.99 Å². The first-order valence-corrected chi connectivity index (χ1v) is 5.64. The van der Waals surface area contributed by atoms with Gasteiger partial charge in [-0.15, -0.1) is 0 Å². The zero-order valence-electron chi connectivity index (χ0n) is 9.74. The monoisotopic (exact) mass is 252 g/mol. The molecule has 0 aliphatic carbocycles. The molecule has 0 saturated heterocycles. The molecule has 2 aromatic rings. The molecule has 1 amide bonds. The van der Waals surface area contributed by atoms with Crippen molar-refractivity contribution in [3.63, 3.8) is 0 Å². The standard InChI is InChI=1S/C14H8N2O3/c17-13-8-10-11(15-13)6-7-12(16(18)19)14(10)9-4-2-1-3-5-9/h1-8H. The smallest absolute Gasteiger partial charge is 0.267 e. The van der Waals surface area contributed by atoms with E-state index in [1.54, 1.807) is 24.3 Å². The first-order valence-electron chi connectivity index (χ1n) is 5.64. The minimum Gasteiger partial charge on any atom is -0.267 e. The zero-order chi connectivity index (χ0) is 13.4. The van der Waals surface area contributed by atoms with Crippen LogP contribution >= 0.6 is 0 Å². The molecule has 2 aromatic carbocycles. The molecule has 0 fully saturated rings. The molecule has 0 radical (unpaired) electrons. The fourth-order valence-electron chi connectivity index (χ4n) is 2.18. The van der Waals surface area contributed by atoms with E-state index in [1.165, 1.54) is 18.2 Å². The van der Waals surface area contributed by atoms with E-state index in [-0.39, 0.29) is 11.6 Å². The molecule has 5 heteroatoms. The molecule has 19 heavy (non-hydrogen) atoms. The van der Waals surface area contributed by atoms with Crippen molar-refractivity contribution in [1.29, 1.82) is 0 Å². The Bertz CT molecular complexity index is 811. The molecule has 0 bridgehead atoms. The fourth-order valence-corrected chi connectivity index (χ4v) is 2.18. The van der Waals surface area contributed by atoms with Crippen LogP contribution in [0, 0.1) is 10.1 Å². The minimum atomic E-state index is -0.445. The van der Waals surface area contributed by atoms with Crippen molar-refractivity contribution in [2.75, 3.05) is 0 Å². The third kappa shape index (κ3) is 1.81. The van der Waals surface area contributed by atoms with Gasteiger partial charge in [-0.1, -0.05) is 30.3 Å². The number of hydrogen-bond acceptors (Lipinski definition) is 3. The largest absolute Gasteiger partial charge is 0.277 e. The van der Waals surface area contributed by atoms with Crippen LogP contribution < -0.4 is 10.6 Å². The molecule has 5 nitrogen and oxygen atoms in total. The lowest BCUT2D eigenvalue weighted by Gasteiger charge is -2.03. The van der Waals surface area contributed by atoms with Gasteiger partial charge in [0, 0.05) is 17.4 Å². The second-order valence-corrected chi connectivity index (χ2v) is 4.11. The van der Waals surface area contributed by atoms with E-state index in [0.29, 0.717) is 21.7 Å². The van der Waals surface area contributed by atoms with Gasteiger partial charge in [-0.2, -0.15) is 0 Å². The Morgan fingerprint density at radius 3 is 2.47 bits per heavy atom. The molecule has 3 rings (SSSR count). The van der Waals surface area contributed by atoms with Crippen LogP contribution in [-0.4, -0.2) is 10.8 Å². The third-order valence-electron chi connectivity index (χ3n) is 2.96.